The summed E-state index contributed by atoms with van der Waals surface area (Å²) in [5.74, 6) is 0.283. The Balaban J connectivity index is 4.93. The minimum Gasteiger partial charge on any atom is -0.300 e. The zero-order chi connectivity index (χ0) is 12.2. The molecular formula is C13H27NO. The van der Waals surface area contributed by atoms with Crippen LogP contribution in [0.2, 0.25) is 0 Å². The van der Waals surface area contributed by atoms with E-state index in [-0.39, 0.29) is 11.3 Å². The van der Waals surface area contributed by atoms with E-state index in [0.29, 0.717) is 18.5 Å². The molecule has 0 saturated carbocycles. The fourth-order valence-corrected chi connectivity index (χ4v) is 2.78. The highest BCUT2D eigenvalue weighted by Crippen LogP contribution is 2.28. The van der Waals surface area contributed by atoms with E-state index in [2.05, 4.69) is 46.4 Å². The second-order valence-corrected chi connectivity index (χ2v) is 5.32. The van der Waals surface area contributed by atoms with E-state index in [0.717, 1.165) is 6.42 Å². The molecule has 90 valence electrons. The van der Waals surface area contributed by atoms with Gasteiger partial charge in [0.05, 0.1) is 0 Å². The van der Waals surface area contributed by atoms with Crippen molar-refractivity contribution in [2.75, 3.05) is 0 Å². The predicted octanol–water partition coefficient (Wildman–Crippen LogP) is 3.25. The fraction of sp³-hybridized carbons (Fsp3) is 0.923. The molecule has 1 atom stereocenters. The van der Waals surface area contributed by atoms with Crippen LogP contribution < -0.4 is 0 Å². The third-order valence-corrected chi connectivity index (χ3v) is 3.13. The molecule has 0 spiro atoms. The van der Waals surface area contributed by atoms with Crippen LogP contribution in [0.5, 0.6) is 0 Å². The molecule has 0 fully saturated rings. The van der Waals surface area contributed by atoms with Crippen LogP contribution in [0.4, 0.5) is 0 Å². The van der Waals surface area contributed by atoms with Gasteiger partial charge in [-0.05, 0) is 48.0 Å². The van der Waals surface area contributed by atoms with Gasteiger partial charge in [-0.15, -0.1) is 0 Å². The van der Waals surface area contributed by atoms with Gasteiger partial charge in [0.15, 0.2) is 0 Å². The van der Waals surface area contributed by atoms with Crippen molar-refractivity contribution in [2.24, 2.45) is 0 Å². The smallest absolute Gasteiger partial charge is 0.131 e. The number of hydrogen-bond acceptors (Lipinski definition) is 2. The molecule has 0 saturated heterocycles. The van der Waals surface area contributed by atoms with Gasteiger partial charge < -0.3 is 0 Å². The standard InChI is InChI=1S/C13H27NO/c1-8-13(7,9-12(6)15)14(10(2)3)11(4)5/h10-11H,8-9H2,1-7H3. The number of carbonyl (C=O) groups excluding carboxylic acids is 1. The summed E-state index contributed by atoms with van der Waals surface area (Å²) in [5, 5.41) is 0. The van der Waals surface area contributed by atoms with Gasteiger partial charge in [-0.2, -0.15) is 0 Å². The quantitative estimate of drug-likeness (QED) is 0.675. The first-order chi connectivity index (χ1) is 6.74. The Morgan fingerprint density at radius 1 is 1.20 bits per heavy atom. The third kappa shape index (κ3) is 3.94. The molecule has 0 N–H and O–H groups in total. The lowest BCUT2D eigenvalue weighted by Crippen LogP contribution is -2.54. The van der Waals surface area contributed by atoms with E-state index >= 15 is 0 Å². The summed E-state index contributed by atoms with van der Waals surface area (Å²) in [4.78, 5) is 13.8. The molecule has 0 bridgehead atoms. The maximum atomic E-state index is 11.3. The van der Waals surface area contributed by atoms with Gasteiger partial charge in [0.25, 0.3) is 0 Å². The van der Waals surface area contributed by atoms with Crippen LogP contribution >= 0.6 is 0 Å². The lowest BCUT2D eigenvalue weighted by Gasteiger charge is -2.46. The van der Waals surface area contributed by atoms with E-state index < -0.39 is 0 Å². The maximum absolute atomic E-state index is 11.3. The number of nitrogens with zero attached hydrogens (tertiary/aromatic N) is 1. The van der Waals surface area contributed by atoms with Crippen LogP contribution in [0, 0.1) is 0 Å². The molecule has 0 aromatic rings. The van der Waals surface area contributed by atoms with Crippen LogP contribution in [-0.2, 0) is 4.79 Å². The molecule has 0 radical (unpaired) electrons. The van der Waals surface area contributed by atoms with Gasteiger partial charge in [0.2, 0.25) is 0 Å². The van der Waals surface area contributed by atoms with Crippen molar-refractivity contribution in [1.82, 2.24) is 4.90 Å². The zero-order valence-corrected chi connectivity index (χ0v) is 11.4. The highest BCUT2D eigenvalue weighted by molar-refractivity contribution is 5.76. The Labute approximate surface area is 95.0 Å². The van der Waals surface area contributed by atoms with Crippen molar-refractivity contribution in [3.05, 3.63) is 0 Å². The van der Waals surface area contributed by atoms with Crippen molar-refractivity contribution >= 4 is 5.78 Å². The Kier molecular flexibility index (Phi) is 5.50. The van der Waals surface area contributed by atoms with Crippen molar-refractivity contribution in [3.63, 3.8) is 0 Å². The molecule has 0 aliphatic heterocycles. The second kappa shape index (κ2) is 5.64. The molecule has 15 heavy (non-hydrogen) atoms. The van der Waals surface area contributed by atoms with Crippen LogP contribution in [0.15, 0.2) is 0 Å². The summed E-state index contributed by atoms with van der Waals surface area (Å²) >= 11 is 0. The predicted molar refractivity (Wildman–Crippen MR) is 66.1 cm³/mol. The van der Waals surface area contributed by atoms with E-state index in [1.165, 1.54) is 0 Å². The van der Waals surface area contributed by atoms with E-state index in [1.54, 1.807) is 6.92 Å². The van der Waals surface area contributed by atoms with E-state index in [4.69, 9.17) is 0 Å². The first-order valence-electron chi connectivity index (χ1n) is 6.02. The molecule has 1 unspecified atom stereocenters. The molecule has 0 aromatic carbocycles. The highest BCUT2D eigenvalue weighted by Gasteiger charge is 2.34. The lowest BCUT2D eigenvalue weighted by atomic mass is 9.88. The SMILES string of the molecule is CCC(C)(CC(C)=O)N(C(C)C)C(C)C. The molecule has 0 heterocycles. The largest absolute Gasteiger partial charge is 0.300 e. The summed E-state index contributed by atoms with van der Waals surface area (Å²) in [6.07, 6.45) is 1.67. The molecule has 0 aromatic heterocycles. The van der Waals surface area contributed by atoms with Crippen LogP contribution in [-0.4, -0.2) is 28.3 Å². The summed E-state index contributed by atoms with van der Waals surface area (Å²) in [6.45, 7) is 14.9. The van der Waals surface area contributed by atoms with Crippen LogP contribution in [0.1, 0.15) is 61.3 Å². The number of carbonyl (C=O) groups is 1. The molecule has 0 aliphatic carbocycles. The minimum absolute atomic E-state index is 0.00810. The molecule has 0 aliphatic rings. The molecule has 2 nitrogen and oxygen atoms in total. The minimum atomic E-state index is 0.00810. The monoisotopic (exact) mass is 213 g/mol. The maximum Gasteiger partial charge on any atom is 0.131 e. The summed E-state index contributed by atoms with van der Waals surface area (Å²) in [7, 11) is 0. The number of Topliss-reactive ketones (excluding diaryl/α,β-unsaturated/α-hetero) is 1. The molecule has 2 heteroatoms. The van der Waals surface area contributed by atoms with Gasteiger partial charge in [-0.3, -0.25) is 9.69 Å². The normalized spacial score (nSPS) is 16.1. The average molecular weight is 213 g/mol. The van der Waals surface area contributed by atoms with Crippen LogP contribution in [0.3, 0.4) is 0 Å². The van der Waals surface area contributed by atoms with Crippen molar-refractivity contribution in [3.8, 4) is 0 Å². The second-order valence-electron chi connectivity index (χ2n) is 5.32. The van der Waals surface area contributed by atoms with Gasteiger partial charge in [0.1, 0.15) is 5.78 Å². The Hall–Kier alpha value is -0.370. The van der Waals surface area contributed by atoms with Gasteiger partial charge >= 0.3 is 0 Å². The van der Waals surface area contributed by atoms with Gasteiger partial charge in [-0.25, -0.2) is 0 Å². The first-order valence-corrected chi connectivity index (χ1v) is 6.02. The van der Waals surface area contributed by atoms with E-state index in [9.17, 15) is 4.79 Å². The number of hydrogen-bond donors (Lipinski definition) is 0. The summed E-state index contributed by atoms with van der Waals surface area (Å²) in [5.41, 5.74) is 0.00810. The van der Waals surface area contributed by atoms with Gasteiger partial charge in [0, 0.05) is 24.0 Å². The zero-order valence-electron chi connectivity index (χ0n) is 11.4. The van der Waals surface area contributed by atoms with Gasteiger partial charge in [-0.1, -0.05) is 6.92 Å². The Bertz CT molecular complexity index is 203. The fourth-order valence-electron chi connectivity index (χ4n) is 2.78. The Morgan fingerprint density at radius 2 is 1.60 bits per heavy atom. The molecular weight excluding hydrogens is 186 g/mol. The van der Waals surface area contributed by atoms with Crippen molar-refractivity contribution in [2.45, 2.75) is 78.9 Å². The molecule has 0 rings (SSSR count). The van der Waals surface area contributed by atoms with Crippen LogP contribution in [0.25, 0.3) is 0 Å². The lowest BCUT2D eigenvalue weighted by molar-refractivity contribution is -0.120. The average Bonchev–Trinajstić information content (AvgIpc) is 2.00. The van der Waals surface area contributed by atoms with Crippen molar-refractivity contribution in [1.29, 1.82) is 0 Å². The molecule has 0 amide bonds. The summed E-state index contributed by atoms with van der Waals surface area (Å²) in [6, 6.07) is 0.962. The van der Waals surface area contributed by atoms with E-state index in [1.807, 2.05) is 0 Å². The topological polar surface area (TPSA) is 20.3 Å². The first kappa shape index (κ1) is 14.6. The number of rotatable bonds is 6. The highest BCUT2D eigenvalue weighted by atomic mass is 16.1. The Morgan fingerprint density at radius 3 is 1.80 bits per heavy atom. The summed E-state index contributed by atoms with van der Waals surface area (Å²) < 4.78 is 0. The number of ketones is 1. The van der Waals surface area contributed by atoms with Crippen molar-refractivity contribution < 1.29 is 4.79 Å². The third-order valence-electron chi connectivity index (χ3n) is 3.13.